The Morgan fingerprint density at radius 3 is 1.97 bits per heavy atom. The van der Waals surface area contributed by atoms with Gasteiger partial charge in [0.2, 0.25) is 29.5 Å². The fourth-order valence-corrected chi connectivity index (χ4v) is 3.13. The van der Waals surface area contributed by atoms with E-state index in [-0.39, 0.29) is 30.1 Å². The minimum Gasteiger partial charge on any atom is -0.370 e. The van der Waals surface area contributed by atoms with Gasteiger partial charge < -0.3 is 31.3 Å². The lowest BCUT2D eigenvalue weighted by molar-refractivity contribution is -0.133. The lowest BCUT2D eigenvalue weighted by atomic mass is 10.1. The highest BCUT2D eigenvalue weighted by atomic mass is 16.3. The molecule has 1 aliphatic heterocycles. The van der Waals surface area contributed by atoms with Crippen LogP contribution in [0.4, 0.5) is 0 Å². The lowest BCUT2D eigenvalue weighted by Gasteiger charge is -2.21. The van der Waals surface area contributed by atoms with Crippen LogP contribution in [0.1, 0.15) is 60.3 Å². The zero-order valence-corrected chi connectivity index (χ0v) is 20.7. The van der Waals surface area contributed by atoms with Crippen molar-refractivity contribution in [3.63, 3.8) is 0 Å². The van der Waals surface area contributed by atoms with E-state index in [9.17, 15) is 29.1 Å². The minimum atomic E-state index is -0.884. The molecule has 5 N–H and O–H groups in total. The van der Waals surface area contributed by atoms with Crippen molar-refractivity contribution in [2.24, 2.45) is 5.92 Å². The van der Waals surface area contributed by atoms with E-state index in [4.69, 9.17) is 0 Å². The number of amides is 5. The summed E-state index contributed by atoms with van der Waals surface area (Å²) in [5.41, 5.74) is 0. The van der Waals surface area contributed by atoms with Crippen molar-refractivity contribution >= 4 is 29.5 Å². The monoisotopic (exact) mass is 481 g/mol. The Morgan fingerprint density at radius 1 is 0.882 bits per heavy atom. The lowest BCUT2D eigenvalue weighted by Crippen LogP contribution is -2.54. The molecule has 0 saturated heterocycles. The molecule has 0 fully saturated rings. The molecule has 0 aliphatic carbocycles. The topological polar surface area (TPSA) is 157 Å². The van der Waals surface area contributed by atoms with Crippen LogP contribution in [-0.2, 0) is 24.0 Å². The van der Waals surface area contributed by atoms with E-state index in [2.05, 4.69) is 21.3 Å². The first-order valence-electron chi connectivity index (χ1n) is 11.8. The Balaban J connectivity index is 2.27. The summed E-state index contributed by atoms with van der Waals surface area (Å²) < 4.78 is 0. The van der Waals surface area contributed by atoms with Crippen LogP contribution in [0.3, 0.4) is 0 Å². The first-order chi connectivity index (χ1) is 15.9. The number of rotatable bonds is 14. The second kappa shape index (κ2) is 14.3. The smallest absolute Gasteiger partial charge is 0.248 e. The molecule has 0 aromatic heterocycles. The molecular formula is C23H39N5O6. The number of nitrogens with zero attached hydrogens (tertiary/aromatic N) is 1. The average molecular weight is 482 g/mol. The van der Waals surface area contributed by atoms with Gasteiger partial charge in [-0.1, -0.05) is 20.3 Å². The Labute approximate surface area is 201 Å². The summed E-state index contributed by atoms with van der Waals surface area (Å²) in [5.74, 6) is -1.56. The third-order valence-electron chi connectivity index (χ3n) is 5.28. The quantitative estimate of drug-likeness (QED) is 0.212. The molecule has 11 heteroatoms. The predicted octanol–water partition coefficient (Wildman–Crippen LogP) is -0.450. The van der Waals surface area contributed by atoms with E-state index in [1.807, 2.05) is 13.8 Å². The van der Waals surface area contributed by atoms with Gasteiger partial charge in [0.05, 0.1) is 0 Å². The first-order valence-corrected chi connectivity index (χ1v) is 11.8. The molecule has 0 aromatic carbocycles. The predicted molar refractivity (Wildman–Crippen MR) is 126 cm³/mol. The van der Waals surface area contributed by atoms with Crippen LogP contribution in [0.2, 0.25) is 0 Å². The molecule has 0 spiro atoms. The number of aliphatic hydroxyl groups excluding tert-OH is 1. The Hall–Kier alpha value is -2.95. The number of carbonyl (C=O) groups excluding carboxylic acids is 5. The summed E-state index contributed by atoms with van der Waals surface area (Å²) in [4.78, 5) is 61.6. The van der Waals surface area contributed by atoms with Gasteiger partial charge in [0, 0.05) is 25.6 Å². The van der Waals surface area contributed by atoms with Gasteiger partial charge in [-0.25, -0.2) is 0 Å². The van der Waals surface area contributed by atoms with Gasteiger partial charge in [0.1, 0.15) is 24.4 Å². The SMILES string of the molecule is CC(C)CNC(=O)[C@H](C)NC(=O)[C@H](C)NC(=O)[C@H](C)NC(=O)CCCCCN1C(=O)C=CC1O. The number of hydrogen-bond acceptors (Lipinski definition) is 6. The van der Waals surface area contributed by atoms with Crippen molar-refractivity contribution in [1.82, 2.24) is 26.2 Å². The third-order valence-corrected chi connectivity index (χ3v) is 5.28. The van der Waals surface area contributed by atoms with Gasteiger partial charge in [-0.15, -0.1) is 0 Å². The van der Waals surface area contributed by atoms with Crippen molar-refractivity contribution in [2.45, 2.75) is 84.7 Å². The molecule has 1 heterocycles. The summed E-state index contributed by atoms with van der Waals surface area (Å²) in [5, 5.41) is 20.0. The van der Waals surface area contributed by atoms with Gasteiger partial charge in [-0.05, 0) is 45.6 Å². The van der Waals surface area contributed by atoms with E-state index in [1.54, 1.807) is 6.92 Å². The van der Waals surface area contributed by atoms with Crippen molar-refractivity contribution < 1.29 is 29.1 Å². The summed E-state index contributed by atoms with van der Waals surface area (Å²) >= 11 is 0. The third kappa shape index (κ3) is 10.3. The highest BCUT2D eigenvalue weighted by Gasteiger charge is 2.24. The van der Waals surface area contributed by atoms with Gasteiger partial charge in [-0.3, -0.25) is 24.0 Å². The second-order valence-corrected chi connectivity index (χ2v) is 9.00. The maximum atomic E-state index is 12.3. The molecule has 1 rings (SSSR count). The summed E-state index contributed by atoms with van der Waals surface area (Å²) in [6.07, 6.45) is 3.99. The van der Waals surface area contributed by atoms with E-state index in [0.29, 0.717) is 32.4 Å². The van der Waals surface area contributed by atoms with Gasteiger partial charge in [0.25, 0.3) is 0 Å². The minimum absolute atomic E-state index is 0.214. The molecule has 0 saturated carbocycles. The highest BCUT2D eigenvalue weighted by molar-refractivity contribution is 5.93. The van der Waals surface area contributed by atoms with Crippen LogP contribution < -0.4 is 21.3 Å². The Morgan fingerprint density at radius 2 is 1.44 bits per heavy atom. The maximum Gasteiger partial charge on any atom is 0.248 e. The molecule has 1 aliphatic rings. The van der Waals surface area contributed by atoms with E-state index in [1.165, 1.54) is 30.9 Å². The molecule has 0 radical (unpaired) electrons. The van der Waals surface area contributed by atoms with E-state index < -0.39 is 36.2 Å². The van der Waals surface area contributed by atoms with Crippen molar-refractivity contribution in [3.8, 4) is 0 Å². The molecule has 11 nitrogen and oxygen atoms in total. The molecule has 1 unspecified atom stereocenters. The number of aliphatic hydroxyl groups is 1. The summed E-state index contributed by atoms with van der Waals surface area (Å²) in [6.45, 7) is 9.42. The number of nitrogens with one attached hydrogen (secondary N) is 4. The number of carbonyl (C=O) groups is 5. The zero-order chi connectivity index (χ0) is 25.8. The molecule has 4 atom stereocenters. The maximum absolute atomic E-state index is 12.3. The Kier molecular flexibility index (Phi) is 12.3. The Bertz CT molecular complexity index is 769. The molecule has 0 bridgehead atoms. The van der Waals surface area contributed by atoms with Crippen molar-refractivity contribution in [1.29, 1.82) is 0 Å². The fourth-order valence-electron chi connectivity index (χ4n) is 3.13. The van der Waals surface area contributed by atoms with Crippen molar-refractivity contribution in [2.75, 3.05) is 13.1 Å². The summed E-state index contributed by atoms with van der Waals surface area (Å²) in [7, 11) is 0. The average Bonchev–Trinajstić information content (AvgIpc) is 3.08. The van der Waals surface area contributed by atoms with Crippen LogP contribution in [0.25, 0.3) is 0 Å². The molecule has 0 aromatic rings. The first kappa shape index (κ1) is 29.1. The number of unbranched alkanes of at least 4 members (excludes halogenated alkanes) is 2. The molecule has 34 heavy (non-hydrogen) atoms. The van der Waals surface area contributed by atoms with Gasteiger partial charge >= 0.3 is 0 Å². The molecular weight excluding hydrogens is 442 g/mol. The number of hydrogen-bond donors (Lipinski definition) is 5. The standard InChI is InChI=1S/C23H39N5O6/c1-14(2)13-24-21(32)15(3)26-23(34)17(5)27-22(33)16(4)25-18(29)9-7-6-8-12-28-19(30)10-11-20(28)31/h10-11,14-17,19,30H,6-9,12-13H2,1-5H3,(H,24,32)(H,25,29)(H,26,34)(H,27,33)/t15-,16-,17-,19?/m0/s1. The van der Waals surface area contributed by atoms with Gasteiger partial charge in [0.15, 0.2) is 0 Å². The van der Waals surface area contributed by atoms with Crippen LogP contribution in [0, 0.1) is 5.92 Å². The largest absolute Gasteiger partial charge is 0.370 e. The van der Waals surface area contributed by atoms with Crippen LogP contribution in [0.15, 0.2) is 12.2 Å². The summed E-state index contributed by atoms with van der Waals surface area (Å²) in [6, 6.07) is -2.46. The second-order valence-electron chi connectivity index (χ2n) is 9.00. The van der Waals surface area contributed by atoms with Crippen LogP contribution in [-0.4, -0.2) is 77.0 Å². The zero-order valence-electron chi connectivity index (χ0n) is 20.7. The molecule has 192 valence electrons. The van der Waals surface area contributed by atoms with Gasteiger partial charge in [-0.2, -0.15) is 0 Å². The fraction of sp³-hybridized carbons (Fsp3) is 0.696. The van der Waals surface area contributed by atoms with Crippen LogP contribution >= 0.6 is 0 Å². The van der Waals surface area contributed by atoms with Crippen molar-refractivity contribution in [3.05, 3.63) is 12.2 Å². The van der Waals surface area contributed by atoms with Crippen LogP contribution in [0.5, 0.6) is 0 Å². The normalized spacial score (nSPS) is 17.8. The highest BCUT2D eigenvalue weighted by Crippen LogP contribution is 2.11. The van der Waals surface area contributed by atoms with E-state index in [0.717, 1.165) is 0 Å². The van der Waals surface area contributed by atoms with E-state index >= 15 is 0 Å². The molecule has 5 amide bonds.